The number of hydrogen-bond donors (Lipinski definition) is 4. The second kappa shape index (κ2) is 16.0. The average molecular weight is 666 g/mol. The molecule has 8 nitrogen and oxygen atoms in total. The number of aliphatic hydroxyl groups excluding tert-OH is 4. The molecular weight excluding hydrogens is 658 g/mol. The Kier molecular flexibility index (Phi) is 22.7. The van der Waals surface area contributed by atoms with Crippen molar-refractivity contribution in [3.63, 3.8) is 0 Å². The van der Waals surface area contributed by atoms with Crippen molar-refractivity contribution < 1.29 is 131 Å². The van der Waals surface area contributed by atoms with E-state index in [0.717, 1.165) is 0 Å². The van der Waals surface area contributed by atoms with Gasteiger partial charge < -0.3 is 39.6 Å². The average Bonchev–Trinajstić information content (AvgIpc) is 2.35. The third-order valence-corrected chi connectivity index (χ3v) is 1.01. The second-order valence-electron chi connectivity index (χ2n) is 3.29. The standard InChI is InChI=1S/4C2HF3O2.2Rh/c4*3-2(4,5)1(6)7;;/h4*(H,6,7);;/p+4. The van der Waals surface area contributed by atoms with Gasteiger partial charge in [0.15, 0.2) is 0 Å². The van der Waals surface area contributed by atoms with Gasteiger partial charge in [-0.15, -0.1) is 0 Å². The van der Waals surface area contributed by atoms with E-state index in [1.54, 1.807) is 0 Å². The van der Waals surface area contributed by atoms with E-state index in [2.05, 4.69) is 0 Å². The van der Waals surface area contributed by atoms with Crippen molar-refractivity contribution in [1.82, 2.24) is 0 Å². The van der Waals surface area contributed by atoms with E-state index in [4.69, 9.17) is 39.6 Å². The summed E-state index contributed by atoms with van der Waals surface area (Å²) in [6.45, 7) is 0. The van der Waals surface area contributed by atoms with Crippen LogP contribution in [0.15, 0.2) is 0 Å². The number of aliphatic carboxylic acids is 4. The quantitative estimate of drug-likeness (QED) is 0.177. The first-order chi connectivity index (χ1) is 11.8. The maximum absolute atomic E-state index is 10.6. The number of halogens is 12. The van der Waals surface area contributed by atoms with Crippen LogP contribution >= 0.6 is 0 Å². The molecule has 0 aliphatic heterocycles. The summed E-state index contributed by atoms with van der Waals surface area (Å²) in [6.07, 6.45) is -19.9. The summed E-state index contributed by atoms with van der Waals surface area (Å²) in [6, 6.07) is 0. The second-order valence-corrected chi connectivity index (χ2v) is 3.29. The molecule has 0 atom stereocenters. The van der Waals surface area contributed by atoms with Crippen LogP contribution in [0.5, 0.6) is 0 Å². The van der Waals surface area contributed by atoms with Gasteiger partial charge in [-0.1, -0.05) is 0 Å². The van der Waals surface area contributed by atoms with Crippen LogP contribution in [-0.4, -0.2) is 88.2 Å². The minimum Gasteiger partial charge on any atom is -0.332 e. The summed E-state index contributed by atoms with van der Waals surface area (Å²) < 4.78 is 128. The van der Waals surface area contributed by atoms with E-state index in [-0.39, 0.29) is 39.0 Å². The van der Waals surface area contributed by atoms with E-state index in [0.29, 0.717) is 0 Å². The fourth-order valence-corrected chi connectivity index (χ4v) is 0. The maximum Gasteiger partial charge on any atom is 0.591 e. The normalized spacial score (nSPS) is 10.5. The molecule has 0 saturated heterocycles. The van der Waals surface area contributed by atoms with Crippen LogP contribution in [0.25, 0.3) is 0 Å². The Labute approximate surface area is 180 Å². The van der Waals surface area contributed by atoms with Gasteiger partial charge >= 0.3 is 48.6 Å². The summed E-state index contributed by atoms with van der Waals surface area (Å²) in [5.74, 6) is -10.0. The van der Waals surface area contributed by atoms with Gasteiger partial charge in [0.1, 0.15) is 0 Å². The van der Waals surface area contributed by atoms with Gasteiger partial charge in [0.05, 0.1) is 0 Å². The first kappa shape index (κ1) is 42.4. The molecule has 0 aromatic carbocycles. The molecule has 2 radical (unpaired) electrons. The molecule has 186 valence electrons. The molecule has 0 spiro atoms. The zero-order valence-electron chi connectivity index (χ0n) is 12.8. The molecule has 0 aliphatic rings. The monoisotopic (exact) mass is 666 g/mol. The summed E-state index contributed by atoms with van der Waals surface area (Å²) in [5, 5.41) is 28.9. The number of rotatable bonds is 0. The SMILES string of the molecule is OC(=[OH+])C(F)(F)F.OC(=[OH+])C(F)(F)F.OC(=[OH+])C(F)(F)F.OC(=[OH+])C(F)(F)F.[Rh].[Rh]. The first-order valence-electron chi connectivity index (χ1n) is 5.06. The van der Waals surface area contributed by atoms with Crippen LogP contribution in [-0.2, 0) is 39.0 Å². The fraction of sp³-hybridized carbons (Fsp3) is 0.500. The molecule has 0 unspecified atom stereocenters. The molecule has 30 heavy (non-hydrogen) atoms. The van der Waals surface area contributed by atoms with Gasteiger partial charge in [-0.2, -0.15) is 52.7 Å². The molecule has 0 fully saturated rings. The molecular formula is C8H8F12O8Rh2+4. The van der Waals surface area contributed by atoms with Gasteiger partial charge in [0, 0.05) is 39.0 Å². The molecule has 22 heteroatoms. The molecule has 0 amide bonds. The molecule has 0 aromatic rings. The Morgan fingerprint density at radius 3 is 0.400 bits per heavy atom. The number of hydrogen-bond acceptors (Lipinski definition) is 0. The zero-order valence-corrected chi connectivity index (χ0v) is 16.1. The molecule has 0 aromatic heterocycles. The summed E-state index contributed by atoms with van der Waals surface area (Å²) in [7, 11) is 0. The predicted molar refractivity (Wildman–Crippen MR) is 62.5 cm³/mol. The van der Waals surface area contributed by atoms with E-state index in [1.807, 2.05) is 0 Å². The number of alkyl halides is 12. The predicted octanol–water partition coefficient (Wildman–Crippen LogP) is 2.43. The minimum atomic E-state index is -4.97. The van der Waals surface area contributed by atoms with Crippen molar-refractivity contribution in [3.8, 4) is 0 Å². The van der Waals surface area contributed by atoms with Crippen LogP contribution in [0.4, 0.5) is 52.7 Å². The fourth-order valence-electron chi connectivity index (χ4n) is 0. The molecule has 0 heterocycles. The van der Waals surface area contributed by atoms with Gasteiger partial charge in [-0.3, -0.25) is 0 Å². The van der Waals surface area contributed by atoms with Crippen molar-refractivity contribution in [2.45, 2.75) is 24.7 Å². The van der Waals surface area contributed by atoms with E-state index in [9.17, 15) is 52.7 Å². The van der Waals surface area contributed by atoms with Crippen LogP contribution in [0.1, 0.15) is 0 Å². The Hall–Kier alpha value is -1.71. The van der Waals surface area contributed by atoms with E-state index in [1.165, 1.54) is 0 Å². The molecule has 0 aliphatic carbocycles. The Morgan fingerprint density at radius 1 is 0.367 bits per heavy atom. The minimum absolute atomic E-state index is 0. The van der Waals surface area contributed by atoms with Crippen molar-refractivity contribution in [1.29, 1.82) is 0 Å². The maximum atomic E-state index is 10.6. The van der Waals surface area contributed by atoms with Gasteiger partial charge in [0.2, 0.25) is 0 Å². The summed E-state index contributed by atoms with van der Waals surface area (Å²) >= 11 is 0. The van der Waals surface area contributed by atoms with Crippen molar-refractivity contribution >= 4 is 23.9 Å². The Bertz CT molecular complexity index is 440. The topological polar surface area (TPSA) is 167 Å². The Morgan fingerprint density at radius 2 is 0.400 bits per heavy atom. The van der Waals surface area contributed by atoms with Gasteiger partial charge in [0.25, 0.3) is 0 Å². The van der Waals surface area contributed by atoms with Crippen LogP contribution in [0.2, 0.25) is 0 Å². The van der Waals surface area contributed by atoms with Crippen molar-refractivity contribution in [2.75, 3.05) is 0 Å². The number of carboxylic acids is 4. The third-order valence-electron chi connectivity index (χ3n) is 1.01. The van der Waals surface area contributed by atoms with Gasteiger partial charge in [-0.25, -0.2) is 0 Å². The van der Waals surface area contributed by atoms with Crippen LogP contribution in [0, 0.1) is 0 Å². The molecule has 0 rings (SSSR count). The first-order valence-corrected chi connectivity index (χ1v) is 5.06. The van der Waals surface area contributed by atoms with E-state index < -0.39 is 48.6 Å². The summed E-state index contributed by atoms with van der Waals surface area (Å²) in [4.78, 5) is 28.9. The van der Waals surface area contributed by atoms with Crippen molar-refractivity contribution in [3.05, 3.63) is 0 Å². The molecule has 8 N–H and O–H groups in total. The third kappa shape index (κ3) is 33.8. The van der Waals surface area contributed by atoms with Gasteiger partial charge in [-0.05, 0) is 0 Å². The van der Waals surface area contributed by atoms with Crippen LogP contribution in [0.3, 0.4) is 0 Å². The number of carboxylic acid groups (broad SMARTS) is 4. The van der Waals surface area contributed by atoms with Crippen LogP contribution < -0.4 is 0 Å². The van der Waals surface area contributed by atoms with E-state index >= 15 is 0 Å². The molecule has 0 bridgehead atoms. The van der Waals surface area contributed by atoms with Crippen molar-refractivity contribution in [2.24, 2.45) is 0 Å². The largest absolute Gasteiger partial charge is 0.591 e. The Balaban J connectivity index is -0.0000000626. The summed E-state index contributed by atoms with van der Waals surface area (Å²) in [5.41, 5.74) is 0. The molecule has 0 saturated carbocycles. The smallest absolute Gasteiger partial charge is 0.332 e. The zero-order chi connectivity index (χ0) is 24.3.